The van der Waals surface area contributed by atoms with Crippen LogP contribution in [0.2, 0.25) is 0 Å². The Morgan fingerprint density at radius 1 is 1.29 bits per heavy atom. The molecule has 0 aliphatic heterocycles. The first-order valence-electron chi connectivity index (χ1n) is 5.64. The van der Waals surface area contributed by atoms with Crippen molar-refractivity contribution in [2.24, 2.45) is 0 Å². The van der Waals surface area contributed by atoms with Gasteiger partial charge in [0, 0.05) is 0 Å². The fourth-order valence-electron chi connectivity index (χ4n) is 1.76. The van der Waals surface area contributed by atoms with Crippen LogP contribution in [0, 0.1) is 11.3 Å². The Morgan fingerprint density at radius 2 is 2.12 bits per heavy atom. The van der Waals surface area contributed by atoms with Crippen LogP contribution in [0.25, 0.3) is 0 Å². The third-order valence-electron chi connectivity index (χ3n) is 2.67. The molecule has 17 heavy (non-hydrogen) atoms. The average molecular weight is 226 g/mol. The number of benzene rings is 1. The monoisotopic (exact) mass is 226 g/mol. The molecule has 1 N–H and O–H groups in total. The Balaban J connectivity index is 2.22. The summed E-state index contributed by atoms with van der Waals surface area (Å²) in [5, 5.41) is 12.4. The van der Waals surface area contributed by atoms with Gasteiger partial charge >= 0.3 is 0 Å². The molecule has 86 valence electrons. The largest absolute Gasteiger partial charge is 0.467 e. The molecule has 0 amide bonds. The van der Waals surface area contributed by atoms with Crippen molar-refractivity contribution >= 4 is 5.69 Å². The van der Waals surface area contributed by atoms with Crippen LogP contribution in [-0.4, -0.2) is 0 Å². The molecule has 0 saturated carbocycles. The topological polar surface area (TPSA) is 49.0 Å². The SMILES string of the molecule is CCC(Nc1ccccc1C#N)c1ccco1. The molecule has 0 fully saturated rings. The van der Waals surface area contributed by atoms with Crippen LogP contribution in [0.15, 0.2) is 47.1 Å². The van der Waals surface area contributed by atoms with E-state index in [-0.39, 0.29) is 6.04 Å². The number of hydrogen-bond acceptors (Lipinski definition) is 3. The van der Waals surface area contributed by atoms with Crippen LogP contribution >= 0.6 is 0 Å². The van der Waals surface area contributed by atoms with Crippen molar-refractivity contribution in [3.05, 3.63) is 54.0 Å². The first-order valence-corrected chi connectivity index (χ1v) is 5.64. The van der Waals surface area contributed by atoms with Gasteiger partial charge in [0.25, 0.3) is 0 Å². The maximum absolute atomic E-state index is 9.02. The molecule has 1 heterocycles. The Labute approximate surface area is 101 Å². The van der Waals surface area contributed by atoms with Crippen molar-refractivity contribution < 1.29 is 4.42 Å². The van der Waals surface area contributed by atoms with Gasteiger partial charge in [-0.3, -0.25) is 0 Å². The normalized spacial score (nSPS) is 11.8. The Bertz CT molecular complexity index is 511. The zero-order valence-corrected chi connectivity index (χ0v) is 9.68. The zero-order valence-electron chi connectivity index (χ0n) is 9.68. The molecule has 1 aromatic carbocycles. The van der Waals surface area contributed by atoms with Crippen molar-refractivity contribution in [1.82, 2.24) is 0 Å². The van der Waals surface area contributed by atoms with Crippen LogP contribution in [0.1, 0.15) is 30.7 Å². The summed E-state index contributed by atoms with van der Waals surface area (Å²) in [6.07, 6.45) is 2.56. The molecular formula is C14H14N2O. The van der Waals surface area contributed by atoms with E-state index >= 15 is 0 Å². The Hall–Kier alpha value is -2.21. The van der Waals surface area contributed by atoms with Crippen molar-refractivity contribution in [1.29, 1.82) is 5.26 Å². The maximum Gasteiger partial charge on any atom is 0.125 e. The predicted molar refractivity (Wildman–Crippen MR) is 66.5 cm³/mol. The summed E-state index contributed by atoms with van der Waals surface area (Å²) in [6, 6.07) is 13.6. The van der Waals surface area contributed by atoms with E-state index in [1.54, 1.807) is 12.3 Å². The number of hydrogen-bond donors (Lipinski definition) is 1. The number of anilines is 1. The molecular weight excluding hydrogens is 212 g/mol. The molecule has 1 unspecified atom stereocenters. The van der Waals surface area contributed by atoms with Crippen LogP contribution in [0.5, 0.6) is 0 Å². The zero-order chi connectivity index (χ0) is 12.1. The smallest absolute Gasteiger partial charge is 0.125 e. The highest BCUT2D eigenvalue weighted by atomic mass is 16.3. The number of rotatable bonds is 4. The summed E-state index contributed by atoms with van der Waals surface area (Å²) < 4.78 is 5.39. The minimum atomic E-state index is 0.0968. The molecule has 0 saturated heterocycles. The molecule has 1 aromatic heterocycles. The number of para-hydroxylation sites is 1. The number of nitrogens with one attached hydrogen (secondary N) is 1. The van der Waals surface area contributed by atoms with Crippen molar-refractivity contribution in [3.63, 3.8) is 0 Å². The van der Waals surface area contributed by atoms with Gasteiger partial charge in [-0.25, -0.2) is 0 Å². The predicted octanol–water partition coefficient (Wildman–Crippen LogP) is 3.71. The van der Waals surface area contributed by atoms with Gasteiger partial charge in [-0.1, -0.05) is 19.1 Å². The second kappa shape index (κ2) is 5.22. The van der Waals surface area contributed by atoms with Crippen LogP contribution in [-0.2, 0) is 0 Å². The van der Waals surface area contributed by atoms with Gasteiger partial charge < -0.3 is 9.73 Å². The van der Waals surface area contributed by atoms with E-state index in [9.17, 15) is 0 Å². The van der Waals surface area contributed by atoms with E-state index in [0.29, 0.717) is 5.56 Å². The second-order valence-electron chi connectivity index (χ2n) is 3.78. The van der Waals surface area contributed by atoms with Gasteiger partial charge in [0.2, 0.25) is 0 Å². The summed E-state index contributed by atoms with van der Waals surface area (Å²) in [4.78, 5) is 0. The van der Waals surface area contributed by atoms with Gasteiger partial charge in [0.1, 0.15) is 11.8 Å². The molecule has 1 atom stereocenters. The minimum absolute atomic E-state index is 0.0968. The molecule has 0 bridgehead atoms. The second-order valence-corrected chi connectivity index (χ2v) is 3.78. The van der Waals surface area contributed by atoms with Crippen LogP contribution in [0.3, 0.4) is 0 Å². The van der Waals surface area contributed by atoms with E-state index in [1.807, 2.05) is 30.3 Å². The number of nitriles is 1. The lowest BCUT2D eigenvalue weighted by atomic mass is 10.1. The van der Waals surface area contributed by atoms with Crippen LogP contribution < -0.4 is 5.32 Å². The van der Waals surface area contributed by atoms with Gasteiger partial charge in [-0.15, -0.1) is 0 Å². The van der Waals surface area contributed by atoms with Gasteiger partial charge in [-0.05, 0) is 30.7 Å². The first-order chi connectivity index (χ1) is 8.35. The lowest BCUT2D eigenvalue weighted by molar-refractivity contribution is 0.474. The Morgan fingerprint density at radius 3 is 2.76 bits per heavy atom. The first kappa shape index (κ1) is 11.3. The van der Waals surface area contributed by atoms with Crippen molar-refractivity contribution in [2.75, 3.05) is 5.32 Å². The molecule has 0 spiro atoms. The van der Waals surface area contributed by atoms with E-state index in [4.69, 9.17) is 9.68 Å². The van der Waals surface area contributed by atoms with E-state index in [1.165, 1.54) is 0 Å². The third-order valence-corrected chi connectivity index (χ3v) is 2.67. The Kier molecular flexibility index (Phi) is 3.46. The molecule has 3 nitrogen and oxygen atoms in total. The van der Waals surface area contributed by atoms with E-state index in [2.05, 4.69) is 18.3 Å². The molecule has 0 aliphatic rings. The quantitative estimate of drug-likeness (QED) is 0.864. The van der Waals surface area contributed by atoms with Gasteiger partial charge in [-0.2, -0.15) is 5.26 Å². The van der Waals surface area contributed by atoms with Gasteiger partial charge in [0.05, 0.1) is 23.6 Å². The highest BCUT2D eigenvalue weighted by molar-refractivity contribution is 5.57. The fourth-order valence-corrected chi connectivity index (χ4v) is 1.76. The molecule has 3 heteroatoms. The van der Waals surface area contributed by atoms with E-state index in [0.717, 1.165) is 17.9 Å². The molecule has 0 aliphatic carbocycles. The van der Waals surface area contributed by atoms with Gasteiger partial charge in [0.15, 0.2) is 0 Å². The van der Waals surface area contributed by atoms with Crippen LogP contribution in [0.4, 0.5) is 5.69 Å². The molecule has 2 rings (SSSR count). The number of furan rings is 1. The van der Waals surface area contributed by atoms with Crippen molar-refractivity contribution in [3.8, 4) is 6.07 Å². The third kappa shape index (κ3) is 2.48. The summed E-state index contributed by atoms with van der Waals surface area (Å²) in [7, 11) is 0. The maximum atomic E-state index is 9.02. The summed E-state index contributed by atoms with van der Waals surface area (Å²) in [5.74, 6) is 0.889. The van der Waals surface area contributed by atoms with E-state index < -0.39 is 0 Å². The summed E-state index contributed by atoms with van der Waals surface area (Å²) in [5.41, 5.74) is 1.50. The van der Waals surface area contributed by atoms with Crippen molar-refractivity contribution in [2.45, 2.75) is 19.4 Å². The lowest BCUT2D eigenvalue weighted by Gasteiger charge is -2.16. The average Bonchev–Trinajstić information content (AvgIpc) is 2.90. The summed E-state index contributed by atoms with van der Waals surface area (Å²) >= 11 is 0. The minimum Gasteiger partial charge on any atom is -0.467 e. The lowest BCUT2D eigenvalue weighted by Crippen LogP contribution is -2.09. The summed E-state index contributed by atoms with van der Waals surface area (Å²) in [6.45, 7) is 2.08. The molecule has 2 aromatic rings. The fraction of sp³-hybridized carbons (Fsp3) is 0.214. The molecule has 0 radical (unpaired) electrons. The standard InChI is InChI=1S/C14H14N2O/c1-2-12(14-8-5-9-17-14)16-13-7-4-3-6-11(13)10-15/h3-9,12,16H,2H2,1H3. The highest BCUT2D eigenvalue weighted by Gasteiger charge is 2.13. The number of nitrogens with zero attached hydrogens (tertiary/aromatic N) is 1. The highest BCUT2D eigenvalue weighted by Crippen LogP contribution is 2.24.